The number of ether oxygens (including phenoxy) is 1. The second-order valence-corrected chi connectivity index (χ2v) is 9.80. The maximum absolute atomic E-state index is 12.8. The molecule has 3 rings (SSSR count). The van der Waals surface area contributed by atoms with E-state index in [2.05, 4.69) is 14.9 Å². The van der Waals surface area contributed by atoms with Gasteiger partial charge in [0.05, 0.1) is 23.7 Å². The Morgan fingerprint density at radius 1 is 1.19 bits per heavy atom. The van der Waals surface area contributed by atoms with Crippen molar-refractivity contribution in [1.82, 2.24) is 9.62 Å². The highest BCUT2D eigenvalue weighted by atomic mass is 32.2. The summed E-state index contributed by atoms with van der Waals surface area (Å²) in [6.45, 7) is 5.63. The van der Waals surface area contributed by atoms with Gasteiger partial charge in [-0.1, -0.05) is 29.8 Å². The van der Waals surface area contributed by atoms with Gasteiger partial charge < -0.3 is 10.1 Å². The van der Waals surface area contributed by atoms with E-state index in [1.54, 1.807) is 37.4 Å². The minimum Gasteiger partial charge on any atom is -0.495 e. The Balaban J connectivity index is 1.57. The summed E-state index contributed by atoms with van der Waals surface area (Å²) in [5.74, 6) is 0.658. The van der Waals surface area contributed by atoms with Crippen LogP contribution in [0.15, 0.2) is 53.4 Å². The number of piperidine rings is 1. The topological polar surface area (TPSA) is 87.7 Å². The molecule has 2 N–H and O–H groups in total. The molecular weight excluding hydrogens is 414 g/mol. The first kappa shape index (κ1) is 23.2. The Hall–Kier alpha value is -2.42. The van der Waals surface area contributed by atoms with Crippen LogP contribution in [0.5, 0.6) is 5.75 Å². The van der Waals surface area contributed by atoms with E-state index in [0.717, 1.165) is 24.9 Å². The zero-order valence-corrected chi connectivity index (χ0v) is 19.1. The smallest absolute Gasteiger partial charge is 0.241 e. The summed E-state index contributed by atoms with van der Waals surface area (Å²) in [7, 11) is -1.97. The number of nitrogens with one attached hydrogen (secondary N) is 2. The lowest BCUT2D eigenvalue weighted by molar-refractivity contribution is -0.121. The highest BCUT2D eigenvalue weighted by Crippen LogP contribution is 2.24. The van der Waals surface area contributed by atoms with Gasteiger partial charge in [0.25, 0.3) is 0 Å². The largest absolute Gasteiger partial charge is 0.495 e. The average Bonchev–Trinajstić information content (AvgIpc) is 2.78. The van der Waals surface area contributed by atoms with E-state index in [1.807, 2.05) is 32.0 Å². The number of para-hydroxylation sites is 2. The van der Waals surface area contributed by atoms with Crippen LogP contribution in [-0.2, 0) is 14.8 Å². The number of carbonyl (C=O) groups excluding carboxylic acids is 1. The first-order chi connectivity index (χ1) is 14.8. The first-order valence-corrected chi connectivity index (χ1v) is 12.0. The number of benzene rings is 2. The molecule has 0 bridgehead atoms. The van der Waals surface area contributed by atoms with Gasteiger partial charge in [-0.2, -0.15) is 0 Å². The molecule has 1 aliphatic rings. The lowest BCUT2D eigenvalue weighted by Crippen LogP contribution is -2.49. The molecule has 0 aromatic heterocycles. The van der Waals surface area contributed by atoms with Crippen molar-refractivity contribution in [3.63, 3.8) is 0 Å². The van der Waals surface area contributed by atoms with E-state index >= 15 is 0 Å². The Labute approximate surface area is 184 Å². The summed E-state index contributed by atoms with van der Waals surface area (Å²) in [4.78, 5) is 15.2. The number of anilines is 1. The SMILES string of the molecule is COc1ccccc1NC(=O)C(C)N1CCCC(CNS(=O)(=O)c2ccc(C)cc2)C1. The van der Waals surface area contributed by atoms with E-state index < -0.39 is 10.0 Å². The summed E-state index contributed by atoms with van der Waals surface area (Å²) in [6.07, 6.45) is 1.84. The summed E-state index contributed by atoms with van der Waals surface area (Å²) in [5.41, 5.74) is 1.66. The molecule has 0 aliphatic carbocycles. The number of likely N-dealkylation sites (tertiary alicyclic amines) is 1. The predicted molar refractivity (Wildman–Crippen MR) is 122 cm³/mol. The van der Waals surface area contributed by atoms with Crippen LogP contribution in [0.3, 0.4) is 0 Å². The van der Waals surface area contributed by atoms with Gasteiger partial charge in [0, 0.05) is 13.1 Å². The van der Waals surface area contributed by atoms with Crippen molar-refractivity contribution in [3.8, 4) is 5.75 Å². The van der Waals surface area contributed by atoms with Gasteiger partial charge in [0.1, 0.15) is 5.75 Å². The van der Waals surface area contributed by atoms with E-state index in [0.29, 0.717) is 24.5 Å². The average molecular weight is 446 g/mol. The molecule has 168 valence electrons. The molecule has 0 radical (unpaired) electrons. The number of methoxy groups -OCH3 is 1. The standard InChI is InChI=1S/C23H31N3O4S/c1-17-10-12-20(13-11-17)31(28,29)24-15-19-7-6-14-26(16-19)18(2)23(27)25-21-8-4-5-9-22(21)30-3/h4-5,8-13,18-19,24H,6-7,14-16H2,1-3H3,(H,25,27). The predicted octanol–water partition coefficient (Wildman–Crippen LogP) is 3.02. The Kier molecular flexibility index (Phi) is 7.69. The third kappa shape index (κ3) is 6.06. The summed E-state index contributed by atoms with van der Waals surface area (Å²) in [6, 6.07) is 13.8. The van der Waals surface area contributed by atoms with Gasteiger partial charge >= 0.3 is 0 Å². The molecular formula is C23H31N3O4S. The normalized spacial score (nSPS) is 18.4. The molecule has 31 heavy (non-hydrogen) atoms. The molecule has 1 amide bonds. The van der Waals surface area contributed by atoms with E-state index in [9.17, 15) is 13.2 Å². The second kappa shape index (κ2) is 10.3. The molecule has 1 heterocycles. The highest BCUT2D eigenvalue weighted by Gasteiger charge is 2.28. The fourth-order valence-electron chi connectivity index (χ4n) is 3.79. The Bertz CT molecular complexity index is 992. The van der Waals surface area contributed by atoms with Crippen molar-refractivity contribution in [3.05, 3.63) is 54.1 Å². The van der Waals surface area contributed by atoms with Gasteiger partial charge in [-0.3, -0.25) is 9.69 Å². The molecule has 2 unspecified atom stereocenters. The number of aryl methyl sites for hydroxylation is 1. The van der Waals surface area contributed by atoms with Crippen LogP contribution in [0.25, 0.3) is 0 Å². The van der Waals surface area contributed by atoms with E-state index in [1.165, 1.54) is 0 Å². The van der Waals surface area contributed by atoms with Crippen molar-refractivity contribution < 1.29 is 17.9 Å². The van der Waals surface area contributed by atoms with Crippen LogP contribution in [0.2, 0.25) is 0 Å². The molecule has 0 saturated carbocycles. The van der Waals surface area contributed by atoms with Crippen molar-refractivity contribution in [1.29, 1.82) is 0 Å². The van der Waals surface area contributed by atoms with Crippen LogP contribution in [0.4, 0.5) is 5.69 Å². The van der Waals surface area contributed by atoms with Crippen molar-refractivity contribution >= 4 is 21.6 Å². The number of hydrogen-bond acceptors (Lipinski definition) is 5. The zero-order valence-electron chi connectivity index (χ0n) is 18.3. The van der Waals surface area contributed by atoms with Crippen LogP contribution in [-0.4, -0.2) is 52.0 Å². The molecule has 2 atom stereocenters. The molecule has 0 spiro atoms. The molecule has 1 fully saturated rings. The van der Waals surface area contributed by atoms with Crippen LogP contribution < -0.4 is 14.8 Å². The number of sulfonamides is 1. The van der Waals surface area contributed by atoms with Gasteiger partial charge in [0.2, 0.25) is 15.9 Å². The molecule has 8 heteroatoms. The lowest BCUT2D eigenvalue weighted by Gasteiger charge is -2.36. The second-order valence-electron chi connectivity index (χ2n) is 8.03. The Morgan fingerprint density at radius 3 is 2.61 bits per heavy atom. The number of carbonyl (C=O) groups is 1. The summed E-state index contributed by atoms with van der Waals surface area (Å²) in [5, 5.41) is 2.94. The molecule has 2 aromatic rings. The monoisotopic (exact) mass is 445 g/mol. The van der Waals surface area contributed by atoms with Gasteiger partial charge in [0.15, 0.2) is 0 Å². The fraction of sp³-hybridized carbons (Fsp3) is 0.435. The quantitative estimate of drug-likeness (QED) is 0.652. The maximum atomic E-state index is 12.8. The zero-order chi connectivity index (χ0) is 22.4. The van der Waals surface area contributed by atoms with E-state index in [-0.39, 0.29) is 22.8 Å². The van der Waals surface area contributed by atoms with Crippen molar-refractivity contribution in [2.45, 2.75) is 37.6 Å². The Morgan fingerprint density at radius 2 is 1.90 bits per heavy atom. The van der Waals surface area contributed by atoms with E-state index in [4.69, 9.17) is 4.74 Å². The van der Waals surface area contributed by atoms with Crippen LogP contribution >= 0.6 is 0 Å². The molecule has 2 aromatic carbocycles. The summed E-state index contributed by atoms with van der Waals surface area (Å²) >= 11 is 0. The van der Waals surface area contributed by atoms with Gasteiger partial charge in [-0.25, -0.2) is 13.1 Å². The number of nitrogens with zero attached hydrogens (tertiary/aromatic N) is 1. The minimum absolute atomic E-state index is 0.106. The van der Waals surface area contributed by atoms with Crippen LogP contribution in [0, 0.1) is 12.8 Å². The third-order valence-electron chi connectivity index (χ3n) is 5.74. The van der Waals surface area contributed by atoms with Crippen molar-refractivity contribution in [2.24, 2.45) is 5.92 Å². The van der Waals surface area contributed by atoms with Gasteiger partial charge in [-0.15, -0.1) is 0 Å². The molecule has 1 saturated heterocycles. The third-order valence-corrected chi connectivity index (χ3v) is 7.18. The lowest BCUT2D eigenvalue weighted by atomic mass is 9.97. The van der Waals surface area contributed by atoms with Crippen molar-refractivity contribution in [2.75, 3.05) is 32.1 Å². The highest BCUT2D eigenvalue weighted by molar-refractivity contribution is 7.89. The van der Waals surface area contributed by atoms with Gasteiger partial charge in [-0.05, 0) is 63.4 Å². The maximum Gasteiger partial charge on any atom is 0.241 e. The number of amides is 1. The molecule has 1 aliphatic heterocycles. The molecule has 7 nitrogen and oxygen atoms in total. The number of rotatable bonds is 8. The summed E-state index contributed by atoms with van der Waals surface area (Å²) < 4.78 is 33.2. The minimum atomic E-state index is -3.54. The first-order valence-electron chi connectivity index (χ1n) is 10.5. The number of hydrogen-bond donors (Lipinski definition) is 2. The fourth-order valence-corrected chi connectivity index (χ4v) is 4.91. The van der Waals surface area contributed by atoms with Crippen LogP contribution in [0.1, 0.15) is 25.3 Å².